The average molecular weight is 525 g/mol. The van der Waals surface area contributed by atoms with Crippen LogP contribution in [0.2, 0.25) is 0 Å². The van der Waals surface area contributed by atoms with Gasteiger partial charge in [-0.1, -0.05) is 79.8 Å². The number of thioether (sulfide) groups is 1. The first-order valence-corrected chi connectivity index (χ1v) is 14.1. The molecule has 3 aromatic rings. The van der Waals surface area contributed by atoms with E-state index in [1.807, 2.05) is 42.6 Å². The van der Waals surface area contributed by atoms with Crippen LogP contribution in [0.1, 0.15) is 53.8 Å². The molecule has 1 aromatic carbocycles. The van der Waals surface area contributed by atoms with Gasteiger partial charge in [0.2, 0.25) is 5.91 Å². The van der Waals surface area contributed by atoms with E-state index in [0.717, 1.165) is 28.9 Å². The van der Waals surface area contributed by atoms with Gasteiger partial charge in [-0.15, -0.1) is 28.1 Å². The summed E-state index contributed by atoms with van der Waals surface area (Å²) >= 11 is 2.66. The molecule has 0 saturated heterocycles. The van der Waals surface area contributed by atoms with E-state index >= 15 is 0 Å². The molecule has 190 valence electrons. The molecule has 0 unspecified atom stereocenters. The topological polar surface area (TPSA) is 86.1 Å². The van der Waals surface area contributed by atoms with Crippen LogP contribution in [0.3, 0.4) is 0 Å². The number of carbonyl (C=O) groups excluding carboxylic acids is 2. The minimum Gasteiger partial charge on any atom is -0.465 e. The molecule has 1 saturated carbocycles. The van der Waals surface area contributed by atoms with E-state index < -0.39 is 5.97 Å². The van der Waals surface area contributed by atoms with E-state index in [2.05, 4.69) is 26.7 Å². The molecule has 2 aromatic heterocycles. The maximum atomic E-state index is 12.9. The average Bonchev–Trinajstić information content (AvgIpc) is 3.47. The smallest absolute Gasteiger partial charge is 0.341 e. The SMILES string of the molecule is C=CCn1c(CC2CCCCC2)nnc1SCC(=O)Nc1scc(-c2ccc(C)cc2)c1C(=O)OC. The summed E-state index contributed by atoms with van der Waals surface area (Å²) < 4.78 is 7.08. The molecule has 0 atom stereocenters. The number of anilines is 1. The molecule has 9 heteroatoms. The molecule has 0 radical (unpaired) electrons. The number of nitrogens with one attached hydrogen (secondary N) is 1. The lowest BCUT2D eigenvalue weighted by atomic mass is 9.87. The number of rotatable bonds is 10. The number of carbonyl (C=O) groups is 2. The molecule has 2 heterocycles. The summed E-state index contributed by atoms with van der Waals surface area (Å²) in [4.78, 5) is 25.5. The molecule has 1 aliphatic rings. The van der Waals surface area contributed by atoms with Crippen molar-refractivity contribution in [2.45, 2.75) is 57.1 Å². The highest BCUT2D eigenvalue weighted by Crippen LogP contribution is 2.36. The van der Waals surface area contributed by atoms with Crippen LogP contribution in [-0.2, 0) is 22.5 Å². The van der Waals surface area contributed by atoms with Gasteiger partial charge in [0.1, 0.15) is 16.4 Å². The standard InChI is InChI=1S/C27H32N4O3S2/c1-4-14-31-22(15-19-8-6-5-7-9-19)29-30-27(31)36-17-23(32)28-25-24(26(33)34-3)21(16-35-25)20-12-10-18(2)11-13-20/h4,10-13,16,19H,1,5-9,14-15,17H2,2-3H3,(H,28,32). The second kappa shape index (κ2) is 12.4. The maximum absolute atomic E-state index is 12.9. The van der Waals surface area contributed by atoms with Gasteiger partial charge in [-0.3, -0.25) is 4.79 Å². The molecular weight excluding hydrogens is 492 g/mol. The zero-order chi connectivity index (χ0) is 25.5. The van der Waals surface area contributed by atoms with Gasteiger partial charge in [0.05, 0.1) is 12.9 Å². The van der Waals surface area contributed by atoms with Crippen molar-refractivity contribution in [3.8, 4) is 11.1 Å². The summed E-state index contributed by atoms with van der Waals surface area (Å²) in [6.45, 7) is 6.49. The number of methoxy groups -OCH3 is 1. The van der Waals surface area contributed by atoms with Crippen LogP contribution in [0.4, 0.5) is 5.00 Å². The third-order valence-corrected chi connectivity index (χ3v) is 8.29. The van der Waals surface area contributed by atoms with E-state index in [-0.39, 0.29) is 11.7 Å². The Morgan fingerprint density at radius 1 is 1.22 bits per heavy atom. The van der Waals surface area contributed by atoms with Crippen molar-refractivity contribution in [3.05, 3.63) is 59.3 Å². The molecule has 7 nitrogen and oxygen atoms in total. The summed E-state index contributed by atoms with van der Waals surface area (Å²) in [5.41, 5.74) is 3.14. The predicted molar refractivity (Wildman–Crippen MR) is 146 cm³/mol. The number of ether oxygens (including phenoxy) is 1. The Bertz CT molecular complexity index is 1210. The fraction of sp³-hybridized carbons (Fsp3) is 0.407. The highest BCUT2D eigenvalue weighted by molar-refractivity contribution is 7.99. The summed E-state index contributed by atoms with van der Waals surface area (Å²) in [5.74, 6) is 1.05. The Kier molecular flexibility index (Phi) is 8.98. The Hall–Kier alpha value is -2.91. The zero-order valence-corrected chi connectivity index (χ0v) is 22.4. The molecule has 4 rings (SSSR count). The molecule has 0 bridgehead atoms. The van der Waals surface area contributed by atoms with Crippen LogP contribution in [-0.4, -0.2) is 39.5 Å². The van der Waals surface area contributed by atoms with Crippen molar-refractivity contribution in [2.24, 2.45) is 5.92 Å². The molecule has 0 spiro atoms. The number of nitrogens with zero attached hydrogens (tertiary/aromatic N) is 3. The third kappa shape index (κ3) is 6.25. The van der Waals surface area contributed by atoms with Crippen molar-refractivity contribution in [2.75, 3.05) is 18.2 Å². The van der Waals surface area contributed by atoms with Gasteiger partial charge in [0.15, 0.2) is 5.16 Å². The number of aromatic nitrogens is 3. The summed E-state index contributed by atoms with van der Waals surface area (Å²) in [6.07, 6.45) is 9.10. The lowest BCUT2D eigenvalue weighted by Crippen LogP contribution is -2.17. The van der Waals surface area contributed by atoms with Crippen molar-refractivity contribution < 1.29 is 14.3 Å². The van der Waals surface area contributed by atoms with E-state index in [9.17, 15) is 9.59 Å². The van der Waals surface area contributed by atoms with E-state index in [4.69, 9.17) is 4.74 Å². The maximum Gasteiger partial charge on any atom is 0.341 e. The number of esters is 1. The van der Waals surface area contributed by atoms with Gasteiger partial charge in [-0.05, 0) is 18.4 Å². The fourth-order valence-electron chi connectivity index (χ4n) is 4.53. The zero-order valence-electron chi connectivity index (χ0n) is 20.8. The number of benzene rings is 1. The number of hydrogen-bond donors (Lipinski definition) is 1. The lowest BCUT2D eigenvalue weighted by Gasteiger charge is -2.21. The molecule has 1 aliphatic carbocycles. The van der Waals surface area contributed by atoms with Crippen molar-refractivity contribution in [3.63, 3.8) is 0 Å². The minimum absolute atomic E-state index is 0.150. The number of amides is 1. The van der Waals surface area contributed by atoms with Crippen molar-refractivity contribution in [1.29, 1.82) is 0 Å². The summed E-state index contributed by atoms with van der Waals surface area (Å²) in [6, 6.07) is 7.90. The Morgan fingerprint density at radius 2 is 1.97 bits per heavy atom. The molecule has 1 fully saturated rings. The highest BCUT2D eigenvalue weighted by Gasteiger charge is 2.23. The first-order valence-electron chi connectivity index (χ1n) is 12.2. The van der Waals surface area contributed by atoms with Crippen LogP contribution < -0.4 is 5.32 Å². The largest absolute Gasteiger partial charge is 0.465 e. The third-order valence-electron chi connectivity index (χ3n) is 6.43. The number of thiophene rings is 1. The molecule has 1 N–H and O–H groups in total. The van der Waals surface area contributed by atoms with Crippen molar-refractivity contribution >= 4 is 40.0 Å². The Labute approximate surface area is 220 Å². The molecule has 36 heavy (non-hydrogen) atoms. The monoisotopic (exact) mass is 524 g/mol. The Morgan fingerprint density at radius 3 is 2.67 bits per heavy atom. The van der Waals surface area contributed by atoms with Crippen LogP contribution in [0, 0.1) is 12.8 Å². The minimum atomic E-state index is -0.479. The normalized spacial score (nSPS) is 13.9. The summed E-state index contributed by atoms with van der Waals surface area (Å²) in [7, 11) is 1.34. The van der Waals surface area contributed by atoms with Gasteiger partial charge >= 0.3 is 5.97 Å². The van der Waals surface area contributed by atoms with Gasteiger partial charge < -0.3 is 14.6 Å². The van der Waals surface area contributed by atoms with E-state index in [1.54, 1.807) is 0 Å². The quantitative estimate of drug-likeness (QED) is 0.195. The van der Waals surface area contributed by atoms with Gasteiger partial charge in [0, 0.05) is 23.9 Å². The van der Waals surface area contributed by atoms with Gasteiger partial charge in [-0.25, -0.2) is 4.79 Å². The second-order valence-corrected chi connectivity index (χ2v) is 10.9. The van der Waals surface area contributed by atoms with Crippen LogP contribution in [0.25, 0.3) is 11.1 Å². The molecule has 1 amide bonds. The van der Waals surface area contributed by atoms with Crippen LogP contribution in [0.5, 0.6) is 0 Å². The molecule has 0 aliphatic heterocycles. The van der Waals surface area contributed by atoms with Crippen LogP contribution in [0.15, 0.2) is 47.5 Å². The second-order valence-electron chi connectivity index (χ2n) is 9.05. The first-order chi connectivity index (χ1) is 17.5. The fourth-order valence-corrected chi connectivity index (χ4v) is 6.27. The molecular formula is C27H32N4O3S2. The van der Waals surface area contributed by atoms with Crippen LogP contribution >= 0.6 is 23.1 Å². The summed E-state index contributed by atoms with van der Waals surface area (Å²) in [5, 5.41) is 14.8. The lowest BCUT2D eigenvalue weighted by molar-refractivity contribution is -0.113. The number of hydrogen-bond acceptors (Lipinski definition) is 7. The number of allylic oxidation sites excluding steroid dienone is 1. The Balaban J connectivity index is 1.45. The number of aryl methyl sites for hydroxylation is 1. The van der Waals surface area contributed by atoms with Crippen molar-refractivity contribution in [1.82, 2.24) is 14.8 Å². The van der Waals surface area contributed by atoms with Gasteiger partial charge in [-0.2, -0.15) is 0 Å². The van der Waals surface area contributed by atoms with Gasteiger partial charge in [0.25, 0.3) is 0 Å². The van der Waals surface area contributed by atoms with E-state index in [1.165, 1.54) is 62.3 Å². The highest BCUT2D eigenvalue weighted by atomic mass is 32.2. The predicted octanol–water partition coefficient (Wildman–Crippen LogP) is 6.14. The first kappa shape index (κ1) is 26.2. The van der Waals surface area contributed by atoms with E-state index in [0.29, 0.717) is 28.2 Å².